The molecule has 93 heavy (non-hydrogen) atoms. The van der Waals surface area contributed by atoms with Gasteiger partial charge in [0.25, 0.3) is 0 Å². The molecule has 0 fully saturated rings. The molecule has 0 radical (unpaired) electrons. The Morgan fingerprint density at radius 3 is 0.914 bits per heavy atom. The molecule has 0 aliphatic carbocycles. The first-order valence-corrected chi connectivity index (χ1v) is 43.2. The maximum absolute atomic E-state index is 13.7. The summed E-state index contributed by atoms with van der Waals surface area (Å²) in [5.41, 5.74) is 0. The molecule has 0 aromatic rings. The summed E-state index contributed by atoms with van der Waals surface area (Å²) in [6.07, 6.45) is 92.3. The topological polar surface area (TPSA) is 111 Å². The van der Waals surface area contributed by atoms with E-state index in [0.717, 1.165) is 57.8 Å². The molecule has 0 aliphatic heterocycles. The summed E-state index contributed by atoms with van der Waals surface area (Å²) >= 11 is 0. The SMILES string of the molecule is CCCCCCCC/C=C/CCCCCCCCCCCCCCCCCCCC(=O)NC(COP(=O)(O)OCC[N+](C)(C)C)C(/C=C/CCCCCCCCCCCCC)OC(=O)CCCCCCCCCCCCCCCCCCCCCCCCCCCCC. The number of amides is 1. The number of quaternary nitrogens is 1. The predicted molar refractivity (Wildman–Crippen MR) is 406 cm³/mol. The number of likely N-dealkylation sites (N-methyl/N-ethyl adjacent to an activating group) is 1. The molecule has 0 bridgehead atoms. The van der Waals surface area contributed by atoms with E-state index < -0.39 is 20.0 Å². The summed E-state index contributed by atoms with van der Waals surface area (Å²) in [4.78, 5) is 38.1. The van der Waals surface area contributed by atoms with E-state index in [9.17, 15) is 19.0 Å². The number of hydrogen-bond donors (Lipinski definition) is 2. The number of ether oxygens (including phenoxy) is 1. The number of carbonyl (C=O) groups excluding carboxylic acids is 2. The van der Waals surface area contributed by atoms with Gasteiger partial charge in [-0.1, -0.05) is 399 Å². The lowest BCUT2D eigenvalue weighted by molar-refractivity contribution is -0.870. The smallest absolute Gasteiger partial charge is 0.456 e. The highest BCUT2D eigenvalue weighted by Crippen LogP contribution is 2.43. The van der Waals surface area contributed by atoms with E-state index in [1.807, 2.05) is 27.2 Å². The van der Waals surface area contributed by atoms with Crippen LogP contribution in [0, 0.1) is 0 Å². The zero-order chi connectivity index (χ0) is 67.8. The van der Waals surface area contributed by atoms with Gasteiger partial charge < -0.3 is 19.4 Å². The molecule has 0 aromatic heterocycles. The number of phosphoric ester groups is 1. The van der Waals surface area contributed by atoms with Crippen molar-refractivity contribution >= 4 is 19.7 Å². The van der Waals surface area contributed by atoms with E-state index in [0.29, 0.717) is 23.9 Å². The maximum atomic E-state index is 13.7. The molecule has 10 heteroatoms. The monoisotopic (exact) mass is 1330 g/mol. The predicted octanol–water partition coefficient (Wildman–Crippen LogP) is 27.1. The first-order valence-electron chi connectivity index (χ1n) is 41.7. The van der Waals surface area contributed by atoms with Crippen LogP contribution < -0.4 is 5.32 Å². The van der Waals surface area contributed by atoms with Crippen LogP contribution >= 0.6 is 7.82 Å². The number of nitrogens with zero attached hydrogens (tertiary/aromatic N) is 1. The molecular weight excluding hydrogens is 1170 g/mol. The third-order valence-electron chi connectivity index (χ3n) is 19.4. The molecule has 3 unspecified atom stereocenters. The van der Waals surface area contributed by atoms with Gasteiger partial charge in [0, 0.05) is 12.8 Å². The summed E-state index contributed by atoms with van der Waals surface area (Å²) in [5.74, 6) is -0.474. The lowest BCUT2D eigenvalue weighted by atomic mass is 10.0. The van der Waals surface area contributed by atoms with Crippen LogP contribution in [0.3, 0.4) is 0 Å². The Hall–Kier alpha value is -1.51. The van der Waals surface area contributed by atoms with Gasteiger partial charge in [-0.05, 0) is 57.4 Å². The van der Waals surface area contributed by atoms with Crippen molar-refractivity contribution in [2.45, 2.75) is 457 Å². The third kappa shape index (κ3) is 74.6. The van der Waals surface area contributed by atoms with Crippen LogP contribution in [0.15, 0.2) is 24.3 Å². The molecular formula is C83H164N2O7P+. The lowest BCUT2D eigenvalue weighted by Crippen LogP contribution is -2.47. The fourth-order valence-electron chi connectivity index (χ4n) is 13.0. The van der Waals surface area contributed by atoms with Crippen molar-refractivity contribution in [3.05, 3.63) is 24.3 Å². The largest absolute Gasteiger partial charge is 0.472 e. The highest BCUT2D eigenvalue weighted by molar-refractivity contribution is 7.47. The van der Waals surface area contributed by atoms with Gasteiger partial charge in [-0.25, -0.2) is 4.57 Å². The number of rotatable bonds is 78. The van der Waals surface area contributed by atoms with Crippen LogP contribution in [0.2, 0.25) is 0 Å². The van der Waals surface area contributed by atoms with E-state index in [2.05, 4.69) is 44.3 Å². The average molecular weight is 1330 g/mol. The highest BCUT2D eigenvalue weighted by atomic mass is 31.2. The maximum Gasteiger partial charge on any atom is 0.472 e. The Balaban J connectivity index is 4.87. The second kappa shape index (κ2) is 73.2. The molecule has 9 nitrogen and oxygen atoms in total. The van der Waals surface area contributed by atoms with Crippen molar-refractivity contribution in [1.29, 1.82) is 0 Å². The van der Waals surface area contributed by atoms with Gasteiger partial charge >= 0.3 is 13.8 Å². The van der Waals surface area contributed by atoms with Gasteiger partial charge in [-0.3, -0.25) is 18.6 Å². The van der Waals surface area contributed by atoms with Crippen molar-refractivity contribution in [3.63, 3.8) is 0 Å². The van der Waals surface area contributed by atoms with Gasteiger partial charge in [0.1, 0.15) is 19.3 Å². The first-order chi connectivity index (χ1) is 45.4. The molecule has 552 valence electrons. The van der Waals surface area contributed by atoms with E-state index in [1.165, 1.54) is 353 Å². The molecule has 2 N–H and O–H groups in total. The zero-order valence-corrected chi connectivity index (χ0v) is 64.4. The molecule has 0 saturated carbocycles. The van der Waals surface area contributed by atoms with E-state index in [4.69, 9.17) is 13.8 Å². The number of hydrogen-bond acceptors (Lipinski definition) is 6. The Morgan fingerprint density at radius 1 is 0.366 bits per heavy atom. The fourth-order valence-corrected chi connectivity index (χ4v) is 13.7. The van der Waals surface area contributed by atoms with Gasteiger partial charge in [-0.15, -0.1) is 0 Å². The minimum absolute atomic E-state index is 0.0453. The van der Waals surface area contributed by atoms with Gasteiger partial charge in [-0.2, -0.15) is 0 Å². The van der Waals surface area contributed by atoms with Crippen molar-refractivity contribution in [2.24, 2.45) is 0 Å². The molecule has 0 rings (SSSR count). The Kier molecular flexibility index (Phi) is 72.0. The minimum atomic E-state index is -4.46. The van der Waals surface area contributed by atoms with Crippen LogP contribution in [0.1, 0.15) is 445 Å². The molecule has 0 aromatic carbocycles. The van der Waals surface area contributed by atoms with Crippen molar-refractivity contribution < 1.29 is 37.3 Å². The first kappa shape index (κ1) is 91.5. The van der Waals surface area contributed by atoms with E-state index >= 15 is 0 Å². The second-order valence-electron chi connectivity index (χ2n) is 30.0. The standard InChI is InChI=1S/C83H163N2O7P/c1-7-10-13-16-19-22-25-28-30-32-34-36-38-40-42-44-46-48-50-52-54-57-60-63-66-69-72-75-82(86)84-80(79-91-93(88,89)90-78-77-85(4,5)6)81(74-71-68-65-62-59-56-27-24-21-18-15-12-9-3)92-83(87)76-73-70-67-64-61-58-55-53-51-49-47-45-43-41-39-37-35-33-31-29-26-23-20-17-14-11-8-2/h28,30,71,74,80-81H,7-27,29,31-70,72-73,75-79H2,1-6H3,(H-,84,86,88,89)/p+1/b30-28+,74-71+. The Bertz CT molecular complexity index is 1630. The number of nitrogens with one attached hydrogen (secondary N) is 1. The van der Waals surface area contributed by atoms with Gasteiger partial charge in [0.2, 0.25) is 5.91 Å². The second-order valence-corrected chi connectivity index (χ2v) is 31.5. The van der Waals surface area contributed by atoms with Crippen LogP contribution in [0.4, 0.5) is 0 Å². The summed E-state index contributed by atoms with van der Waals surface area (Å²) < 4.78 is 31.0. The van der Waals surface area contributed by atoms with Crippen molar-refractivity contribution in [3.8, 4) is 0 Å². The Labute approximate surface area is 581 Å². The molecule has 0 heterocycles. The third-order valence-corrected chi connectivity index (χ3v) is 20.4. The summed E-state index contributed by atoms with van der Waals surface area (Å²) in [6.45, 7) is 7.11. The average Bonchev–Trinajstić information content (AvgIpc) is 2.31. The molecule has 0 saturated heterocycles. The van der Waals surface area contributed by atoms with Crippen LogP contribution in [-0.4, -0.2) is 74.3 Å². The van der Waals surface area contributed by atoms with Gasteiger partial charge in [0.15, 0.2) is 0 Å². The van der Waals surface area contributed by atoms with Crippen LogP contribution in [-0.2, 0) is 27.9 Å². The van der Waals surface area contributed by atoms with Gasteiger partial charge in [0.05, 0.1) is 33.8 Å². The lowest BCUT2D eigenvalue weighted by Gasteiger charge is -2.27. The summed E-state index contributed by atoms with van der Waals surface area (Å²) in [6, 6.07) is -0.844. The summed E-state index contributed by atoms with van der Waals surface area (Å²) in [5, 5.41) is 3.09. The molecule has 3 atom stereocenters. The quantitative estimate of drug-likeness (QED) is 0.0205. The fraction of sp³-hybridized carbons (Fsp3) is 0.928. The van der Waals surface area contributed by atoms with E-state index in [-0.39, 0.29) is 25.1 Å². The highest BCUT2D eigenvalue weighted by Gasteiger charge is 2.30. The molecule has 0 spiro atoms. The summed E-state index contributed by atoms with van der Waals surface area (Å²) in [7, 11) is 1.53. The number of carbonyl (C=O) groups is 2. The van der Waals surface area contributed by atoms with Crippen LogP contribution in [0.25, 0.3) is 0 Å². The van der Waals surface area contributed by atoms with Crippen molar-refractivity contribution in [1.82, 2.24) is 5.32 Å². The normalized spacial score (nSPS) is 13.4. The number of esters is 1. The number of unbranched alkanes of at least 4 members (excludes halogenated alkanes) is 60. The number of allylic oxidation sites excluding steroid dienone is 3. The minimum Gasteiger partial charge on any atom is -0.456 e. The van der Waals surface area contributed by atoms with Crippen LogP contribution in [0.5, 0.6) is 0 Å². The molecule has 0 aliphatic rings. The van der Waals surface area contributed by atoms with E-state index in [1.54, 1.807) is 0 Å². The molecule has 1 amide bonds. The Morgan fingerprint density at radius 2 is 0.624 bits per heavy atom. The number of phosphoric acid groups is 1. The van der Waals surface area contributed by atoms with Crippen molar-refractivity contribution in [2.75, 3.05) is 40.9 Å². The zero-order valence-electron chi connectivity index (χ0n) is 63.5.